The number of aromatic hydroxyl groups is 1. The van der Waals surface area contributed by atoms with Crippen molar-refractivity contribution in [2.75, 3.05) is 13.7 Å². The third kappa shape index (κ3) is 5.35. The van der Waals surface area contributed by atoms with Crippen LogP contribution in [-0.4, -0.2) is 29.3 Å². The molecule has 0 unspecified atom stereocenters. The van der Waals surface area contributed by atoms with Crippen molar-refractivity contribution in [2.24, 2.45) is 10.2 Å². The summed E-state index contributed by atoms with van der Waals surface area (Å²) in [6.45, 7) is 4.33. The number of aryl methyl sites for hydroxylation is 2. The first kappa shape index (κ1) is 22.6. The van der Waals surface area contributed by atoms with Crippen molar-refractivity contribution >= 4 is 34.1 Å². The number of hydrogen-bond donors (Lipinski definition) is 1. The molecule has 0 radical (unpaired) electrons. The number of carbonyl (C=O) groups excluding carboxylic acids is 1. The number of nitrogens with zero attached hydrogens (tertiary/aromatic N) is 3. The number of hydrogen-bond acceptors (Lipinski definition) is 5. The van der Waals surface area contributed by atoms with Crippen LogP contribution in [0.2, 0.25) is 5.02 Å². The minimum atomic E-state index is -0.566. The van der Waals surface area contributed by atoms with E-state index in [1.807, 2.05) is 19.1 Å². The number of rotatable bonds is 9. The second-order valence-electron chi connectivity index (χ2n) is 7.21. The Morgan fingerprint density at radius 3 is 2.71 bits per heavy atom. The number of ether oxygens (including phenoxy) is 2. The summed E-state index contributed by atoms with van der Waals surface area (Å²) >= 11 is 5.93. The summed E-state index contributed by atoms with van der Waals surface area (Å²) in [6, 6.07) is 10.6. The number of halogens is 1. The molecule has 164 valence electrons. The van der Waals surface area contributed by atoms with Gasteiger partial charge < -0.3 is 19.1 Å². The molecule has 1 heterocycles. The Morgan fingerprint density at radius 2 is 2.00 bits per heavy atom. The summed E-state index contributed by atoms with van der Waals surface area (Å²) in [5.74, 6) is 0.587. The van der Waals surface area contributed by atoms with Gasteiger partial charge in [-0.05, 0) is 55.3 Å². The largest absolute Gasteiger partial charge is 0.497 e. The van der Waals surface area contributed by atoms with Gasteiger partial charge in [0.25, 0.3) is 0 Å². The third-order valence-electron chi connectivity index (χ3n) is 4.95. The van der Waals surface area contributed by atoms with E-state index >= 15 is 0 Å². The first-order valence-electron chi connectivity index (χ1n) is 10.2. The van der Waals surface area contributed by atoms with E-state index in [2.05, 4.69) is 17.2 Å². The summed E-state index contributed by atoms with van der Waals surface area (Å²) in [5.41, 5.74) is 1.86. The Balaban J connectivity index is 1.82. The molecule has 1 aromatic heterocycles. The Bertz CT molecular complexity index is 1110. The van der Waals surface area contributed by atoms with Gasteiger partial charge >= 0.3 is 5.91 Å². The van der Waals surface area contributed by atoms with Crippen LogP contribution in [0.4, 0.5) is 5.69 Å². The van der Waals surface area contributed by atoms with Crippen molar-refractivity contribution in [3.63, 3.8) is 0 Å². The van der Waals surface area contributed by atoms with Crippen LogP contribution in [0.25, 0.3) is 10.9 Å². The zero-order valence-corrected chi connectivity index (χ0v) is 18.6. The lowest BCUT2D eigenvalue weighted by Gasteiger charge is -2.07. The van der Waals surface area contributed by atoms with Crippen molar-refractivity contribution in [3.05, 3.63) is 47.0 Å². The highest BCUT2D eigenvalue weighted by Crippen LogP contribution is 2.40. The van der Waals surface area contributed by atoms with Gasteiger partial charge in [-0.3, -0.25) is 4.79 Å². The maximum absolute atomic E-state index is 12.2. The molecule has 0 bridgehead atoms. The molecule has 3 rings (SSSR count). The number of benzene rings is 2. The number of aromatic nitrogens is 1. The number of unbranched alkanes of at least 4 members (excludes halogenated alkanes) is 2. The van der Waals surface area contributed by atoms with Gasteiger partial charge in [0.15, 0.2) is 12.3 Å². The fraction of sp³-hybridized carbons (Fsp3) is 0.348. The number of amides is 1. The minimum absolute atomic E-state index is 0.0228. The number of methoxy groups -OCH3 is 1. The highest BCUT2D eigenvalue weighted by molar-refractivity contribution is 6.30. The first-order valence-corrected chi connectivity index (χ1v) is 10.5. The van der Waals surface area contributed by atoms with E-state index in [9.17, 15) is 9.90 Å². The molecule has 0 saturated carbocycles. The topological polar surface area (TPSA) is 85.4 Å². The molecular formula is C23H26ClN3O4. The number of fused-ring (bicyclic) bond motifs is 1. The molecule has 2 aromatic carbocycles. The summed E-state index contributed by atoms with van der Waals surface area (Å²) in [7, 11) is 1.57. The molecule has 1 N–H and O–H groups in total. The summed E-state index contributed by atoms with van der Waals surface area (Å²) in [6.07, 6.45) is 3.04. The smallest absolute Gasteiger partial charge is 0.302 e. The lowest BCUT2D eigenvalue weighted by molar-refractivity contribution is -0.120. The van der Waals surface area contributed by atoms with Crippen molar-refractivity contribution in [1.29, 1.82) is 0 Å². The lowest BCUT2D eigenvalue weighted by Crippen LogP contribution is -2.08. The van der Waals surface area contributed by atoms with Gasteiger partial charge in [0.05, 0.1) is 12.6 Å². The van der Waals surface area contributed by atoms with Gasteiger partial charge in [-0.15, -0.1) is 10.2 Å². The average molecular weight is 444 g/mol. The zero-order valence-electron chi connectivity index (χ0n) is 17.9. The highest BCUT2D eigenvalue weighted by Gasteiger charge is 2.18. The molecule has 0 saturated heterocycles. The summed E-state index contributed by atoms with van der Waals surface area (Å²) < 4.78 is 12.6. The van der Waals surface area contributed by atoms with Gasteiger partial charge in [-0.1, -0.05) is 31.4 Å². The molecule has 1 amide bonds. The minimum Gasteiger partial charge on any atom is -0.497 e. The van der Waals surface area contributed by atoms with Gasteiger partial charge in [0.2, 0.25) is 5.88 Å². The Labute approximate surface area is 186 Å². The van der Waals surface area contributed by atoms with Gasteiger partial charge in [-0.25, -0.2) is 0 Å². The molecule has 0 spiro atoms. The maximum atomic E-state index is 12.2. The molecule has 0 atom stereocenters. The number of carbonyl (C=O) groups is 1. The maximum Gasteiger partial charge on any atom is 0.302 e. The van der Waals surface area contributed by atoms with Crippen LogP contribution in [0.1, 0.15) is 31.7 Å². The van der Waals surface area contributed by atoms with Crippen LogP contribution in [0.15, 0.2) is 46.6 Å². The van der Waals surface area contributed by atoms with E-state index in [0.29, 0.717) is 28.5 Å². The van der Waals surface area contributed by atoms with E-state index < -0.39 is 5.91 Å². The van der Waals surface area contributed by atoms with Crippen LogP contribution in [0, 0.1) is 6.92 Å². The van der Waals surface area contributed by atoms with E-state index in [1.54, 1.807) is 35.9 Å². The van der Waals surface area contributed by atoms with Crippen LogP contribution >= 0.6 is 11.6 Å². The van der Waals surface area contributed by atoms with Crippen LogP contribution in [-0.2, 0) is 11.3 Å². The molecule has 0 aliphatic carbocycles. The van der Waals surface area contributed by atoms with Crippen LogP contribution < -0.4 is 9.47 Å². The normalized spacial score (nSPS) is 11.4. The van der Waals surface area contributed by atoms with E-state index in [1.165, 1.54) is 0 Å². The van der Waals surface area contributed by atoms with Gasteiger partial charge in [-0.2, -0.15) is 0 Å². The van der Waals surface area contributed by atoms with E-state index in [-0.39, 0.29) is 18.2 Å². The van der Waals surface area contributed by atoms with Crippen molar-refractivity contribution in [2.45, 2.75) is 39.7 Å². The Morgan fingerprint density at radius 1 is 1.19 bits per heavy atom. The molecular weight excluding hydrogens is 418 g/mol. The standard InChI is InChI=1S/C23H26ClN3O4/c1-4-5-6-11-27-19-9-8-17(30-3)13-18(19)22(23(27)29)26-25-21(28)14-31-20-10-7-16(24)12-15(20)2/h7-10,12-13,29H,4-6,11,14H2,1-3H3. The molecule has 7 nitrogen and oxygen atoms in total. The van der Waals surface area contributed by atoms with E-state index in [0.717, 1.165) is 30.3 Å². The average Bonchev–Trinajstić information content (AvgIpc) is 3.02. The van der Waals surface area contributed by atoms with Crippen molar-refractivity contribution in [3.8, 4) is 17.4 Å². The second-order valence-corrected chi connectivity index (χ2v) is 7.64. The van der Waals surface area contributed by atoms with Crippen molar-refractivity contribution in [1.82, 2.24) is 4.57 Å². The summed E-state index contributed by atoms with van der Waals surface area (Å²) in [4.78, 5) is 12.2. The SMILES string of the molecule is CCCCCn1c(O)c(N=NC(=O)COc2ccc(Cl)cc2C)c2cc(OC)ccc21. The molecule has 8 heteroatoms. The molecule has 31 heavy (non-hydrogen) atoms. The zero-order chi connectivity index (χ0) is 22.4. The quantitative estimate of drug-likeness (QED) is 0.315. The van der Waals surface area contributed by atoms with Crippen LogP contribution in [0.5, 0.6) is 17.4 Å². The molecule has 3 aromatic rings. The molecule has 0 fully saturated rings. The first-order chi connectivity index (χ1) is 14.9. The molecule has 0 aliphatic heterocycles. The fourth-order valence-corrected chi connectivity index (χ4v) is 3.55. The molecule has 0 aliphatic rings. The van der Waals surface area contributed by atoms with Crippen LogP contribution in [0.3, 0.4) is 0 Å². The Hall–Kier alpha value is -3.06. The van der Waals surface area contributed by atoms with Gasteiger partial charge in [0.1, 0.15) is 11.5 Å². The predicted octanol–water partition coefficient (Wildman–Crippen LogP) is 6.20. The third-order valence-corrected chi connectivity index (χ3v) is 5.19. The van der Waals surface area contributed by atoms with Gasteiger partial charge in [0, 0.05) is 17.0 Å². The fourth-order valence-electron chi connectivity index (χ4n) is 3.32. The monoisotopic (exact) mass is 443 g/mol. The second kappa shape index (κ2) is 10.3. The lowest BCUT2D eigenvalue weighted by atomic mass is 10.2. The number of azo groups is 1. The van der Waals surface area contributed by atoms with Crippen molar-refractivity contribution < 1.29 is 19.4 Å². The predicted molar refractivity (Wildman–Crippen MR) is 121 cm³/mol. The Kier molecular flexibility index (Phi) is 7.52. The van der Waals surface area contributed by atoms with E-state index in [4.69, 9.17) is 21.1 Å². The summed E-state index contributed by atoms with van der Waals surface area (Å²) in [5, 5.41) is 19.8. The highest BCUT2D eigenvalue weighted by atomic mass is 35.5.